The fourth-order valence-corrected chi connectivity index (χ4v) is 2.61. The van der Waals surface area contributed by atoms with Crippen molar-refractivity contribution in [2.45, 2.75) is 27.2 Å². The summed E-state index contributed by atoms with van der Waals surface area (Å²) < 4.78 is 7.23. The third-order valence-corrected chi connectivity index (χ3v) is 4.04. The highest BCUT2D eigenvalue weighted by Gasteiger charge is 2.18. The number of aromatic nitrogens is 3. The van der Waals surface area contributed by atoms with Crippen LogP contribution in [-0.2, 0) is 0 Å². The SMILES string of the molecule is CCCOc1ccc(NC(=O)c2nnn(-c3ccccc3C)c2C)cc1. The van der Waals surface area contributed by atoms with E-state index in [0.29, 0.717) is 23.7 Å². The van der Waals surface area contributed by atoms with Crippen LogP contribution in [0.1, 0.15) is 35.1 Å². The van der Waals surface area contributed by atoms with Gasteiger partial charge in [-0.15, -0.1) is 5.10 Å². The highest BCUT2D eigenvalue weighted by Crippen LogP contribution is 2.19. The van der Waals surface area contributed by atoms with Gasteiger partial charge in [0.25, 0.3) is 5.91 Å². The molecule has 1 amide bonds. The van der Waals surface area contributed by atoms with Gasteiger partial charge in [0.1, 0.15) is 5.75 Å². The molecular formula is C20H22N4O2. The Morgan fingerprint density at radius 3 is 2.54 bits per heavy atom. The van der Waals surface area contributed by atoms with Crippen molar-refractivity contribution in [1.82, 2.24) is 15.0 Å². The minimum atomic E-state index is -0.287. The van der Waals surface area contributed by atoms with Gasteiger partial charge in [0.15, 0.2) is 5.69 Å². The number of aryl methyl sites for hydroxylation is 1. The predicted octanol–water partition coefficient (Wildman–Crippen LogP) is 3.93. The lowest BCUT2D eigenvalue weighted by molar-refractivity contribution is 0.102. The zero-order valence-corrected chi connectivity index (χ0v) is 15.2. The van der Waals surface area contributed by atoms with Crippen LogP contribution < -0.4 is 10.1 Å². The van der Waals surface area contributed by atoms with Gasteiger partial charge < -0.3 is 10.1 Å². The molecule has 26 heavy (non-hydrogen) atoms. The molecular weight excluding hydrogens is 328 g/mol. The summed E-state index contributed by atoms with van der Waals surface area (Å²) >= 11 is 0. The number of ether oxygens (including phenoxy) is 1. The first-order valence-corrected chi connectivity index (χ1v) is 8.62. The van der Waals surface area contributed by atoms with Crippen LogP contribution in [0.4, 0.5) is 5.69 Å². The maximum absolute atomic E-state index is 12.6. The van der Waals surface area contributed by atoms with E-state index in [2.05, 4.69) is 22.6 Å². The quantitative estimate of drug-likeness (QED) is 0.731. The number of para-hydroxylation sites is 1. The Kier molecular flexibility index (Phi) is 5.31. The molecule has 0 unspecified atom stereocenters. The van der Waals surface area contributed by atoms with Crippen molar-refractivity contribution in [1.29, 1.82) is 0 Å². The van der Waals surface area contributed by atoms with Gasteiger partial charge in [-0.1, -0.05) is 30.3 Å². The smallest absolute Gasteiger partial charge is 0.278 e. The molecule has 3 aromatic rings. The Balaban J connectivity index is 1.76. The lowest BCUT2D eigenvalue weighted by atomic mass is 10.2. The molecule has 2 aromatic carbocycles. The van der Waals surface area contributed by atoms with Crippen molar-refractivity contribution >= 4 is 11.6 Å². The fourth-order valence-electron chi connectivity index (χ4n) is 2.61. The Morgan fingerprint density at radius 1 is 1.12 bits per heavy atom. The van der Waals surface area contributed by atoms with Gasteiger partial charge in [-0.05, 0) is 56.2 Å². The summed E-state index contributed by atoms with van der Waals surface area (Å²) in [6.45, 7) is 6.56. The summed E-state index contributed by atoms with van der Waals surface area (Å²) in [6.07, 6.45) is 0.953. The second-order valence-electron chi connectivity index (χ2n) is 6.05. The Labute approximate surface area is 152 Å². The van der Waals surface area contributed by atoms with Gasteiger partial charge in [0.2, 0.25) is 0 Å². The molecule has 0 aliphatic rings. The van der Waals surface area contributed by atoms with Crippen LogP contribution in [-0.4, -0.2) is 27.5 Å². The van der Waals surface area contributed by atoms with Gasteiger partial charge in [-0.25, -0.2) is 4.68 Å². The number of rotatable bonds is 6. The van der Waals surface area contributed by atoms with Crippen molar-refractivity contribution in [3.8, 4) is 11.4 Å². The van der Waals surface area contributed by atoms with Gasteiger partial charge in [-0.2, -0.15) is 0 Å². The monoisotopic (exact) mass is 350 g/mol. The van der Waals surface area contributed by atoms with E-state index in [9.17, 15) is 4.79 Å². The van der Waals surface area contributed by atoms with E-state index in [0.717, 1.165) is 23.4 Å². The molecule has 0 fully saturated rings. The summed E-state index contributed by atoms with van der Waals surface area (Å²) in [4.78, 5) is 12.6. The van der Waals surface area contributed by atoms with Crippen molar-refractivity contribution in [2.24, 2.45) is 0 Å². The summed E-state index contributed by atoms with van der Waals surface area (Å²) in [5.74, 6) is 0.496. The van der Waals surface area contributed by atoms with Gasteiger partial charge >= 0.3 is 0 Å². The number of hydrogen-bond acceptors (Lipinski definition) is 4. The average Bonchev–Trinajstić information content (AvgIpc) is 3.03. The standard InChI is InChI=1S/C20H22N4O2/c1-4-13-26-17-11-9-16(10-12-17)21-20(25)19-15(3)24(23-22-19)18-8-6-5-7-14(18)2/h5-12H,4,13H2,1-3H3,(H,21,25). The molecule has 1 N–H and O–H groups in total. The van der Waals surface area contributed by atoms with Crippen LogP contribution in [0.25, 0.3) is 5.69 Å². The molecule has 0 spiro atoms. The summed E-state index contributed by atoms with van der Waals surface area (Å²) in [7, 11) is 0. The minimum Gasteiger partial charge on any atom is -0.494 e. The van der Waals surface area contributed by atoms with Crippen molar-refractivity contribution in [3.63, 3.8) is 0 Å². The molecule has 0 aliphatic heterocycles. The third kappa shape index (κ3) is 3.74. The average molecular weight is 350 g/mol. The van der Waals surface area contributed by atoms with Gasteiger partial charge in [0.05, 0.1) is 18.0 Å². The highest BCUT2D eigenvalue weighted by atomic mass is 16.5. The summed E-state index contributed by atoms with van der Waals surface area (Å²) in [5, 5.41) is 11.1. The molecule has 0 bridgehead atoms. The van der Waals surface area contributed by atoms with Crippen LogP contribution in [0.3, 0.4) is 0 Å². The normalized spacial score (nSPS) is 10.6. The van der Waals surface area contributed by atoms with Crippen LogP contribution in [0, 0.1) is 13.8 Å². The van der Waals surface area contributed by atoms with Crippen molar-refractivity contribution < 1.29 is 9.53 Å². The Bertz CT molecular complexity index is 900. The molecule has 3 rings (SSSR count). The maximum Gasteiger partial charge on any atom is 0.278 e. The maximum atomic E-state index is 12.6. The second-order valence-corrected chi connectivity index (χ2v) is 6.05. The first kappa shape index (κ1) is 17.7. The summed E-state index contributed by atoms with van der Waals surface area (Å²) in [6, 6.07) is 15.1. The van der Waals surface area contributed by atoms with E-state index < -0.39 is 0 Å². The Morgan fingerprint density at radius 2 is 1.85 bits per heavy atom. The van der Waals surface area contributed by atoms with E-state index in [1.165, 1.54) is 0 Å². The third-order valence-electron chi connectivity index (χ3n) is 4.04. The summed E-state index contributed by atoms with van der Waals surface area (Å²) in [5.41, 5.74) is 3.66. The number of anilines is 1. The van der Waals surface area contributed by atoms with E-state index in [-0.39, 0.29) is 5.91 Å². The van der Waals surface area contributed by atoms with Crippen LogP contribution in [0.2, 0.25) is 0 Å². The van der Waals surface area contributed by atoms with E-state index in [1.54, 1.807) is 4.68 Å². The molecule has 0 atom stereocenters. The first-order chi connectivity index (χ1) is 12.6. The second kappa shape index (κ2) is 7.82. The van der Waals surface area contributed by atoms with Crippen molar-refractivity contribution in [3.05, 3.63) is 65.5 Å². The molecule has 0 saturated carbocycles. The molecule has 1 aromatic heterocycles. The number of nitrogens with one attached hydrogen (secondary N) is 1. The van der Waals surface area contributed by atoms with Crippen LogP contribution in [0.5, 0.6) is 5.75 Å². The van der Waals surface area contributed by atoms with Crippen LogP contribution >= 0.6 is 0 Å². The number of carbonyl (C=O) groups excluding carboxylic acids is 1. The fraction of sp³-hybridized carbons (Fsp3) is 0.250. The highest BCUT2D eigenvalue weighted by molar-refractivity contribution is 6.03. The number of amides is 1. The van der Waals surface area contributed by atoms with E-state index in [1.807, 2.05) is 62.4 Å². The lowest BCUT2D eigenvalue weighted by Gasteiger charge is -2.08. The molecule has 0 saturated heterocycles. The number of benzene rings is 2. The van der Waals surface area contributed by atoms with Crippen LogP contribution in [0.15, 0.2) is 48.5 Å². The van der Waals surface area contributed by atoms with E-state index >= 15 is 0 Å². The first-order valence-electron chi connectivity index (χ1n) is 8.62. The molecule has 0 aliphatic carbocycles. The number of carbonyl (C=O) groups is 1. The largest absolute Gasteiger partial charge is 0.494 e. The molecule has 6 heteroatoms. The molecule has 1 heterocycles. The zero-order valence-electron chi connectivity index (χ0n) is 15.2. The zero-order chi connectivity index (χ0) is 18.5. The van der Waals surface area contributed by atoms with Gasteiger partial charge in [-0.3, -0.25) is 4.79 Å². The Hall–Kier alpha value is -3.15. The molecule has 0 radical (unpaired) electrons. The minimum absolute atomic E-state index is 0.287. The molecule has 134 valence electrons. The predicted molar refractivity (Wildman–Crippen MR) is 101 cm³/mol. The van der Waals surface area contributed by atoms with Crippen molar-refractivity contribution in [2.75, 3.05) is 11.9 Å². The number of hydrogen-bond donors (Lipinski definition) is 1. The number of nitrogens with zero attached hydrogens (tertiary/aromatic N) is 3. The topological polar surface area (TPSA) is 69.0 Å². The van der Waals surface area contributed by atoms with Gasteiger partial charge in [0, 0.05) is 5.69 Å². The van der Waals surface area contributed by atoms with E-state index in [4.69, 9.17) is 4.74 Å². The lowest BCUT2D eigenvalue weighted by Crippen LogP contribution is -2.14. The molecule has 6 nitrogen and oxygen atoms in total.